The Morgan fingerprint density at radius 2 is 1.71 bits per heavy atom. The molecule has 3 aromatic rings. The molecule has 168 valence electrons. The van der Waals surface area contributed by atoms with Crippen LogP contribution in [0, 0.1) is 0 Å². The number of esters is 1. The van der Waals surface area contributed by atoms with Crippen molar-refractivity contribution in [2.24, 2.45) is 5.11 Å². The van der Waals surface area contributed by atoms with E-state index < -0.39 is 11.6 Å². The van der Waals surface area contributed by atoms with Gasteiger partial charge in [0.2, 0.25) is 0 Å². The van der Waals surface area contributed by atoms with Crippen molar-refractivity contribution >= 4 is 23.2 Å². The Kier molecular flexibility index (Phi) is 5.15. The van der Waals surface area contributed by atoms with E-state index in [2.05, 4.69) is 10.0 Å². The maximum atomic E-state index is 12.9. The minimum atomic E-state index is -1.23. The van der Waals surface area contributed by atoms with Crippen molar-refractivity contribution in [1.29, 1.82) is 0 Å². The molecule has 2 aliphatic rings. The number of hydrogen-bond acceptors (Lipinski definition) is 6. The number of Topliss-reactive ketones (excluding diaryl/α,β-unsaturated/α-hetero) is 2. The number of carbonyl (C=O) groups is 3. The van der Waals surface area contributed by atoms with Gasteiger partial charge < -0.3 is 14.3 Å². The second-order valence-corrected chi connectivity index (χ2v) is 8.34. The number of ether oxygens (including phenoxy) is 2. The minimum Gasteiger partial charge on any atom is -0.456 e. The molecule has 2 aliphatic heterocycles. The first-order valence-electron chi connectivity index (χ1n) is 10.8. The van der Waals surface area contributed by atoms with Crippen LogP contribution in [0.2, 0.25) is 0 Å². The predicted octanol–water partition coefficient (Wildman–Crippen LogP) is 5.68. The van der Waals surface area contributed by atoms with Gasteiger partial charge in [0.05, 0.1) is 5.56 Å². The number of nitrogens with zero attached hydrogens (tertiary/aromatic N) is 3. The molecule has 0 N–H and O–H groups in total. The third kappa shape index (κ3) is 3.41. The molecule has 0 saturated carbocycles. The average molecular weight is 453 g/mol. The molecule has 8 heteroatoms. The second kappa shape index (κ2) is 8.17. The summed E-state index contributed by atoms with van der Waals surface area (Å²) in [6.45, 7) is 1.46. The lowest BCUT2D eigenvalue weighted by Crippen LogP contribution is -2.33. The van der Waals surface area contributed by atoms with Gasteiger partial charge in [-0.05, 0) is 36.2 Å². The van der Waals surface area contributed by atoms with Gasteiger partial charge in [-0.2, -0.15) is 0 Å². The molecule has 2 heterocycles. The number of carbonyl (C=O) groups excluding carboxylic acids is 3. The van der Waals surface area contributed by atoms with Gasteiger partial charge in [-0.25, -0.2) is 4.79 Å². The largest absolute Gasteiger partial charge is 0.456 e. The fourth-order valence-electron chi connectivity index (χ4n) is 4.56. The zero-order valence-corrected chi connectivity index (χ0v) is 18.3. The lowest BCUT2D eigenvalue weighted by molar-refractivity contribution is -0.122. The molecule has 3 aromatic carbocycles. The van der Waals surface area contributed by atoms with Crippen molar-refractivity contribution in [1.82, 2.24) is 0 Å². The number of rotatable bonds is 6. The minimum absolute atomic E-state index is 0.0294. The van der Waals surface area contributed by atoms with Gasteiger partial charge in [0.25, 0.3) is 0 Å². The summed E-state index contributed by atoms with van der Waals surface area (Å²) in [4.78, 5) is 39.3. The Bertz CT molecular complexity index is 1420. The van der Waals surface area contributed by atoms with Gasteiger partial charge in [0.1, 0.15) is 23.1 Å². The summed E-state index contributed by atoms with van der Waals surface area (Å²) in [5.41, 5.74) is 11.1. The van der Waals surface area contributed by atoms with Crippen LogP contribution < -0.4 is 4.74 Å². The van der Waals surface area contributed by atoms with E-state index in [4.69, 9.17) is 15.0 Å². The maximum absolute atomic E-state index is 12.9. The molecule has 0 aromatic heterocycles. The SMILES string of the molecule is CC(=O)CCC(=O)Cc1ccc2c(c1)Oc1cc(N=[N+]=[N-])ccc1C21OC(=O)c2ccccc21. The van der Waals surface area contributed by atoms with Gasteiger partial charge in [-0.15, -0.1) is 0 Å². The summed E-state index contributed by atoms with van der Waals surface area (Å²) in [5, 5.41) is 3.66. The zero-order valence-electron chi connectivity index (χ0n) is 18.3. The molecule has 0 fully saturated rings. The van der Waals surface area contributed by atoms with Crippen LogP contribution in [0.15, 0.2) is 65.8 Å². The maximum Gasteiger partial charge on any atom is 0.340 e. The van der Waals surface area contributed by atoms with E-state index in [0.29, 0.717) is 39.4 Å². The number of ketones is 2. The first kappa shape index (κ1) is 21.4. The second-order valence-electron chi connectivity index (χ2n) is 8.34. The van der Waals surface area contributed by atoms with Gasteiger partial charge in [0.15, 0.2) is 5.60 Å². The topological polar surface area (TPSA) is 118 Å². The average Bonchev–Trinajstić information content (AvgIpc) is 3.11. The van der Waals surface area contributed by atoms with Crippen LogP contribution in [-0.4, -0.2) is 17.5 Å². The number of fused-ring (bicyclic) bond motifs is 6. The summed E-state index contributed by atoms with van der Waals surface area (Å²) in [6.07, 6.45) is 0.547. The van der Waals surface area contributed by atoms with Crippen LogP contribution in [0.25, 0.3) is 10.4 Å². The third-order valence-corrected chi connectivity index (χ3v) is 6.08. The zero-order chi connectivity index (χ0) is 23.9. The molecule has 8 nitrogen and oxygen atoms in total. The van der Waals surface area contributed by atoms with E-state index in [1.54, 1.807) is 36.4 Å². The van der Waals surface area contributed by atoms with Gasteiger partial charge >= 0.3 is 5.97 Å². The van der Waals surface area contributed by atoms with Crippen molar-refractivity contribution in [3.63, 3.8) is 0 Å². The van der Waals surface area contributed by atoms with Crippen LogP contribution in [0.4, 0.5) is 5.69 Å². The lowest BCUT2D eigenvalue weighted by atomic mass is 9.77. The molecular formula is C26H19N3O5. The summed E-state index contributed by atoms with van der Waals surface area (Å²) in [5.74, 6) is 0.300. The van der Waals surface area contributed by atoms with Gasteiger partial charge in [0, 0.05) is 46.6 Å². The van der Waals surface area contributed by atoms with E-state index in [-0.39, 0.29) is 30.8 Å². The highest BCUT2D eigenvalue weighted by Gasteiger charge is 2.53. The molecule has 0 saturated heterocycles. The lowest BCUT2D eigenvalue weighted by Gasteiger charge is -2.36. The van der Waals surface area contributed by atoms with E-state index in [1.165, 1.54) is 6.92 Å². The molecule has 0 radical (unpaired) electrons. The Labute approximate surface area is 194 Å². The van der Waals surface area contributed by atoms with Crippen LogP contribution in [0.5, 0.6) is 11.5 Å². The van der Waals surface area contributed by atoms with E-state index in [0.717, 1.165) is 5.56 Å². The highest BCUT2D eigenvalue weighted by Crippen LogP contribution is 2.56. The summed E-state index contributed by atoms with van der Waals surface area (Å²) in [6, 6.07) is 17.5. The van der Waals surface area contributed by atoms with Gasteiger partial charge in [-0.3, -0.25) is 4.79 Å². The summed E-state index contributed by atoms with van der Waals surface area (Å²) in [7, 11) is 0. The predicted molar refractivity (Wildman–Crippen MR) is 122 cm³/mol. The Balaban J connectivity index is 1.64. The van der Waals surface area contributed by atoms with Crippen LogP contribution in [0.3, 0.4) is 0 Å². The summed E-state index contributed by atoms with van der Waals surface area (Å²) >= 11 is 0. The van der Waals surface area contributed by atoms with Crippen molar-refractivity contribution in [2.45, 2.75) is 31.8 Å². The van der Waals surface area contributed by atoms with Gasteiger partial charge in [-0.1, -0.05) is 47.6 Å². The summed E-state index contributed by atoms with van der Waals surface area (Å²) < 4.78 is 12.3. The van der Waals surface area contributed by atoms with E-state index in [1.807, 2.05) is 24.3 Å². The molecule has 5 rings (SSSR count). The number of azide groups is 1. The highest BCUT2D eigenvalue weighted by atomic mass is 16.6. The number of benzene rings is 3. The normalized spacial score (nSPS) is 17.0. The quantitative estimate of drug-likeness (QED) is 0.206. The smallest absolute Gasteiger partial charge is 0.340 e. The Hall–Kier alpha value is -4.42. The molecule has 1 unspecified atom stereocenters. The van der Waals surface area contributed by atoms with E-state index >= 15 is 0 Å². The molecule has 0 aliphatic carbocycles. The highest BCUT2D eigenvalue weighted by molar-refractivity contribution is 5.97. The van der Waals surface area contributed by atoms with Crippen molar-refractivity contribution in [3.05, 3.63) is 98.9 Å². The molecule has 0 amide bonds. The fourth-order valence-corrected chi connectivity index (χ4v) is 4.56. The fraction of sp³-hybridized carbons (Fsp3) is 0.192. The third-order valence-electron chi connectivity index (χ3n) is 6.08. The number of hydrogen-bond donors (Lipinski definition) is 0. The van der Waals surface area contributed by atoms with Crippen LogP contribution >= 0.6 is 0 Å². The molecule has 34 heavy (non-hydrogen) atoms. The van der Waals surface area contributed by atoms with Crippen molar-refractivity contribution < 1.29 is 23.9 Å². The van der Waals surface area contributed by atoms with E-state index in [9.17, 15) is 14.4 Å². The first-order chi connectivity index (χ1) is 16.4. The first-order valence-corrected chi connectivity index (χ1v) is 10.8. The van der Waals surface area contributed by atoms with Crippen LogP contribution in [-0.2, 0) is 26.3 Å². The standard InChI is InChI=1S/C26H19N3O5/c1-15(30)6-9-18(31)12-16-7-10-21-23(13-16)33-24-14-17(28-29-27)8-11-22(24)26(21)20-5-3-2-4-19(20)25(32)34-26/h2-5,7-8,10-11,13-14H,6,9,12H2,1H3. The molecule has 1 spiro atoms. The monoisotopic (exact) mass is 453 g/mol. The van der Waals surface area contributed by atoms with Crippen LogP contribution in [0.1, 0.15) is 52.4 Å². The van der Waals surface area contributed by atoms with Crippen molar-refractivity contribution in [2.75, 3.05) is 0 Å². The molecule has 1 atom stereocenters. The molecule has 0 bridgehead atoms. The Morgan fingerprint density at radius 1 is 0.971 bits per heavy atom. The van der Waals surface area contributed by atoms with Crippen molar-refractivity contribution in [3.8, 4) is 11.5 Å². The molecular weight excluding hydrogens is 434 g/mol. The Morgan fingerprint density at radius 3 is 2.47 bits per heavy atom.